The van der Waals surface area contributed by atoms with Gasteiger partial charge in [0, 0.05) is 22.9 Å². The van der Waals surface area contributed by atoms with Gasteiger partial charge in [-0.1, -0.05) is 34.1 Å². The Morgan fingerprint density at radius 1 is 1.47 bits per heavy atom. The molecule has 0 aromatic heterocycles. The summed E-state index contributed by atoms with van der Waals surface area (Å²) in [5.74, 6) is 0.0665. The second-order valence-corrected chi connectivity index (χ2v) is 4.52. The maximum Gasteiger partial charge on any atom is 0.159 e. The third-order valence-corrected chi connectivity index (χ3v) is 2.92. The zero-order valence-electron chi connectivity index (χ0n) is 9.73. The first-order valence-corrected chi connectivity index (χ1v) is 6.07. The van der Waals surface area contributed by atoms with Crippen LogP contribution in [0.15, 0.2) is 53.7 Å². The Kier molecular flexibility index (Phi) is 5.70. The van der Waals surface area contributed by atoms with Crippen LogP contribution in [0.4, 0.5) is 0 Å². The Morgan fingerprint density at radius 3 is 2.65 bits per heavy atom. The van der Waals surface area contributed by atoms with Crippen molar-refractivity contribution in [3.05, 3.63) is 59.3 Å². The Labute approximate surface area is 110 Å². The second kappa shape index (κ2) is 7.07. The lowest BCUT2D eigenvalue weighted by atomic mass is 9.94. The average Bonchev–Trinajstić information content (AvgIpc) is 2.34. The monoisotopic (exact) mass is 294 g/mol. The number of benzene rings is 1. The summed E-state index contributed by atoms with van der Waals surface area (Å²) in [4.78, 5) is 11.6. The summed E-state index contributed by atoms with van der Waals surface area (Å²) < 4.78 is 5.74. The quantitative estimate of drug-likeness (QED) is 0.453. The lowest BCUT2D eigenvalue weighted by Crippen LogP contribution is -2.02. The van der Waals surface area contributed by atoms with Crippen molar-refractivity contribution in [2.24, 2.45) is 0 Å². The minimum atomic E-state index is 0.0275. The number of halogens is 1. The molecule has 0 saturated carbocycles. The molecular weight excluding hydrogens is 280 g/mol. The van der Waals surface area contributed by atoms with Crippen LogP contribution < -0.4 is 0 Å². The van der Waals surface area contributed by atoms with Crippen LogP contribution in [-0.4, -0.2) is 12.9 Å². The molecular formula is C14H15BrO2. The van der Waals surface area contributed by atoms with Gasteiger partial charge in [-0.3, -0.25) is 4.79 Å². The van der Waals surface area contributed by atoms with Crippen molar-refractivity contribution < 1.29 is 9.53 Å². The van der Waals surface area contributed by atoms with E-state index in [9.17, 15) is 4.79 Å². The molecule has 0 aliphatic rings. The van der Waals surface area contributed by atoms with Crippen molar-refractivity contribution in [2.75, 3.05) is 7.11 Å². The lowest BCUT2D eigenvalue weighted by molar-refractivity contribution is -0.114. The van der Waals surface area contributed by atoms with Crippen LogP contribution in [0.25, 0.3) is 0 Å². The van der Waals surface area contributed by atoms with Crippen LogP contribution in [0.3, 0.4) is 0 Å². The zero-order chi connectivity index (χ0) is 12.7. The van der Waals surface area contributed by atoms with Crippen molar-refractivity contribution in [2.45, 2.75) is 12.3 Å². The van der Waals surface area contributed by atoms with E-state index in [0.29, 0.717) is 6.42 Å². The molecule has 0 saturated heterocycles. The van der Waals surface area contributed by atoms with E-state index in [1.165, 1.54) is 19.4 Å². The summed E-state index contributed by atoms with van der Waals surface area (Å²) in [6.45, 7) is 3.77. The average molecular weight is 295 g/mol. The topological polar surface area (TPSA) is 26.3 Å². The highest BCUT2D eigenvalue weighted by molar-refractivity contribution is 9.10. The molecule has 3 heteroatoms. The minimum Gasteiger partial charge on any atom is -0.504 e. The van der Waals surface area contributed by atoms with E-state index in [1.807, 2.05) is 24.3 Å². The summed E-state index contributed by atoms with van der Waals surface area (Å²) in [5.41, 5.74) is 1.09. The number of carbonyl (C=O) groups is 1. The van der Waals surface area contributed by atoms with E-state index in [4.69, 9.17) is 4.74 Å². The first-order valence-electron chi connectivity index (χ1n) is 5.27. The molecule has 1 atom stereocenters. The van der Waals surface area contributed by atoms with Crippen molar-refractivity contribution in [1.82, 2.24) is 0 Å². The molecule has 1 rings (SSSR count). The minimum absolute atomic E-state index is 0.0275. The van der Waals surface area contributed by atoms with E-state index in [-0.39, 0.29) is 11.7 Å². The molecule has 0 aliphatic heterocycles. The molecule has 0 amide bonds. The first-order chi connectivity index (χ1) is 8.17. The van der Waals surface area contributed by atoms with Gasteiger partial charge in [-0.25, -0.2) is 0 Å². The maximum absolute atomic E-state index is 11.6. The molecule has 0 spiro atoms. The van der Waals surface area contributed by atoms with Gasteiger partial charge in [0.1, 0.15) is 0 Å². The lowest BCUT2D eigenvalue weighted by Gasteiger charge is -2.10. The predicted molar refractivity (Wildman–Crippen MR) is 72.9 cm³/mol. The second-order valence-electron chi connectivity index (χ2n) is 3.60. The summed E-state index contributed by atoms with van der Waals surface area (Å²) in [7, 11) is 1.52. The summed E-state index contributed by atoms with van der Waals surface area (Å²) in [6.07, 6.45) is 5.03. The summed E-state index contributed by atoms with van der Waals surface area (Å²) in [5, 5.41) is 0. The molecule has 0 aliphatic carbocycles. The van der Waals surface area contributed by atoms with Gasteiger partial charge in [0.15, 0.2) is 5.78 Å². The fourth-order valence-corrected chi connectivity index (χ4v) is 1.74. The van der Waals surface area contributed by atoms with E-state index in [2.05, 4.69) is 22.5 Å². The number of hydrogen-bond donors (Lipinski definition) is 0. The third kappa shape index (κ3) is 4.57. The molecule has 1 aromatic carbocycles. The van der Waals surface area contributed by atoms with E-state index < -0.39 is 0 Å². The zero-order valence-corrected chi connectivity index (χ0v) is 11.3. The predicted octanol–water partition coefficient (Wildman–Crippen LogP) is 3.84. The highest BCUT2D eigenvalue weighted by Gasteiger charge is 2.10. The first kappa shape index (κ1) is 13.7. The Bertz CT molecular complexity index is 407. The molecule has 0 N–H and O–H groups in total. The van der Waals surface area contributed by atoms with Crippen LogP contribution in [0.5, 0.6) is 0 Å². The summed E-state index contributed by atoms with van der Waals surface area (Å²) >= 11 is 3.38. The fraction of sp³-hybridized carbons (Fsp3) is 0.214. The van der Waals surface area contributed by atoms with E-state index in [0.717, 1.165) is 10.0 Å². The molecule has 1 aromatic rings. The normalized spacial score (nSPS) is 12.4. The molecule has 0 heterocycles. The summed E-state index contributed by atoms with van der Waals surface area (Å²) in [6, 6.07) is 7.90. The van der Waals surface area contributed by atoms with Crippen LogP contribution in [0.1, 0.15) is 17.9 Å². The number of allylic oxidation sites excluding steroid dienone is 2. The number of ketones is 1. The van der Waals surface area contributed by atoms with Gasteiger partial charge in [0.25, 0.3) is 0 Å². The van der Waals surface area contributed by atoms with Gasteiger partial charge in [-0.2, -0.15) is 0 Å². The Balaban J connectivity index is 2.72. The van der Waals surface area contributed by atoms with Crippen LogP contribution in [0.2, 0.25) is 0 Å². The number of ether oxygens (including phenoxy) is 1. The number of hydrogen-bond acceptors (Lipinski definition) is 2. The van der Waals surface area contributed by atoms with Crippen molar-refractivity contribution in [1.29, 1.82) is 0 Å². The van der Waals surface area contributed by atoms with Gasteiger partial charge in [0.05, 0.1) is 13.4 Å². The van der Waals surface area contributed by atoms with Gasteiger partial charge >= 0.3 is 0 Å². The van der Waals surface area contributed by atoms with Crippen molar-refractivity contribution in [3.63, 3.8) is 0 Å². The van der Waals surface area contributed by atoms with Gasteiger partial charge in [-0.15, -0.1) is 6.58 Å². The SMILES string of the molecule is C=C[C@@H](CC(=O)/C=C/OC)c1ccc(Br)cc1. The molecule has 2 nitrogen and oxygen atoms in total. The molecule has 90 valence electrons. The van der Waals surface area contributed by atoms with Gasteiger partial charge in [-0.05, 0) is 17.7 Å². The van der Waals surface area contributed by atoms with E-state index >= 15 is 0 Å². The Morgan fingerprint density at radius 2 is 2.12 bits per heavy atom. The van der Waals surface area contributed by atoms with Gasteiger partial charge < -0.3 is 4.74 Å². The molecule has 0 unspecified atom stereocenters. The largest absolute Gasteiger partial charge is 0.504 e. The highest BCUT2D eigenvalue weighted by Crippen LogP contribution is 2.23. The smallest absolute Gasteiger partial charge is 0.159 e. The van der Waals surface area contributed by atoms with Crippen LogP contribution >= 0.6 is 15.9 Å². The Hall–Kier alpha value is -1.35. The maximum atomic E-state index is 11.6. The van der Waals surface area contributed by atoms with E-state index in [1.54, 1.807) is 6.08 Å². The molecule has 0 bridgehead atoms. The molecule has 0 radical (unpaired) electrons. The third-order valence-electron chi connectivity index (χ3n) is 2.39. The van der Waals surface area contributed by atoms with Crippen LogP contribution in [-0.2, 0) is 9.53 Å². The standard InChI is InChI=1S/C14H15BrO2/c1-3-11(10-14(16)8-9-17-2)12-4-6-13(15)7-5-12/h3-9,11H,1,10H2,2H3/b9-8+/t11-/m0/s1. The van der Waals surface area contributed by atoms with Crippen molar-refractivity contribution in [3.8, 4) is 0 Å². The van der Waals surface area contributed by atoms with Crippen LogP contribution in [0, 0.1) is 0 Å². The number of rotatable bonds is 6. The highest BCUT2D eigenvalue weighted by atomic mass is 79.9. The number of methoxy groups -OCH3 is 1. The van der Waals surface area contributed by atoms with Gasteiger partial charge in [0.2, 0.25) is 0 Å². The molecule has 17 heavy (non-hydrogen) atoms. The fourth-order valence-electron chi connectivity index (χ4n) is 1.48. The number of carbonyl (C=O) groups excluding carboxylic acids is 1. The van der Waals surface area contributed by atoms with Crippen molar-refractivity contribution >= 4 is 21.7 Å². The molecule has 0 fully saturated rings.